The van der Waals surface area contributed by atoms with E-state index in [0.29, 0.717) is 11.4 Å². The first-order valence-electron chi connectivity index (χ1n) is 9.32. The van der Waals surface area contributed by atoms with Crippen molar-refractivity contribution in [2.75, 3.05) is 37.4 Å². The number of nitrogens with zero attached hydrogens (tertiary/aromatic N) is 1. The van der Waals surface area contributed by atoms with E-state index in [1.54, 1.807) is 0 Å². The maximum atomic E-state index is 12.4. The quantitative estimate of drug-likeness (QED) is 0.200. The Morgan fingerprint density at radius 2 is 2.00 bits per heavy atom. The summed E-state index contributed by atoms with van der Waals surface area (Å²) in [5.74, 6) is -1.62. The van der Waals surface area contributed by atoms with Gasteiger partial charge in [0.2, 0.25) is 10.0 Å². The van der Waals surface area contributed by atoms with Crippen molar-refractivity contribution in [2.45, 2.75) is 4.90 Å². The number of hydrogen-bond acceptors (Lipinski definition) is 10. The highest BCUT2D eigenvalue weighted by Crippen LogP contribution is 2.29. The molecule has 0 fully saturated rings. The summed E-state index contributed by atoms with van der Waals surface area (Å²) in [5.41, 5.74) is 0.102. The van der Waals surface area contributed by atoms with Gasteiger partial charge in [0.25, 0.3) is 11.6 Å². The van der Waals surface area contributed by atoms with Crippen molar-refractivity contribution in [2.24, 2.45) is 0 Å². The summed E-state index contributed by atoms with van der Waals surface area (Å²) in [7, 11) is -2.82. The molecule has 1 aliphatic rings. The van der Waals surface area contributed by atoms with E-state index in [-0.39, 0.29) is 23.8 Å². The minimum absolute atomic E-state index is 0.116. The van der Waals surface area contributed by atoms with Crippen molar-refractivity contribution in [1.82, 2.24) is 4.72 Å². The van der Waals surface area contributed by atoms with Crippen LogP contribution in [0, 0.1) is 10.1 Å². The fraction of sp³-hybridized carbons (Fsp3) is 0.211. The Kier molecular flexibility index (Phi) is 6.89. The molecule has 1 heterocycles. The van der Waals surface area contributed by atoms with Gasteiger partial charge in [0.05, 0.1) is 15.5 Å². The fourth-order valence-electron chi connectivity index (χ4n) is 2.82. The molecule has 14 heteroatoms. The predicted molar refractivity (Wildman–Crippen MR) is 114 cm³/mol. The molecule has 0 aliphatic carbocycles. The van der Waals surface area contributed by atoms with Gasteiger partial charge < -0.3 is 20.1 Å². The summed E-state index contributed by atoms with van der Waals surface area (Å²) >= 11 is 0. The largest absolute Gasteiger partial charge is 0.482 e. The number of nitro benzene ring substituents is 1. The smallest absolute Gasteiger partial charge is 0.321 e. The van der Waals surface area contributed by atoms with Crippen molar-refractivity contribution in [1.29, 1.82) is 0 Å². The zero-order valence-corrected chi connectivity index (χ0v) is 17.9. The van der Waals surface area contributed by atoms with E-state index in [9.17, 15) is 32.9 Å². The first-order valence-corrected chi connectivity index (χ1v) is 10.8. The van der Waals surface area contributed by atoms with Crippen LogP contribution < -0.4 is 20.1 Å². The lowest BCUT2D eigenvalue weighted by Gasteiger charge is -2.18. The van der Waals surface area contributed by atoms with Crippen LogP contribution in [0.15, 0.2) is 41.3 Å². The summed E-state index contributed by atoms with van der Waals surface area (Å²) in [4.78, 5) is 45.5. The van der Waals surface area contributed by atoms with Gasteiger partial charge in [-0.15, -0.1) is 0 Å². The average molecular weight is 478 g/mol. The van der Waals surface area contributed by atoms with Crippen LogP contribution in [0.5, 0.6) is 5.75 Å². The highest BCUT2D eigenvalue weighted by Gasteiger charge is 2.23. The molecule has 2 aromatic carbocycles. The Balaban J connectivity index is 1.57. The first-order chi connectivity index (χ1) is 15.6. The molecule has 3 N–H and O–H groups in total. The van der Waals surface area contributed by atoms with Gasteiger partial charge in [-0.1, -0.05) is 0 Å². The number of carbonyl (C=O) groups is 3. The highest BCUT2D eigenvalue weighted by atomic mass is 32.2. The van der Waals surface area contributed by atoms with E-state index < -0.39 is 50.4 Å². The second-order valence-corrected chi connectivity index (χ2v) is 8.41. The number of rotatable bonds is 9. The molecule has 13 nitrogen and oxygen atoms in total. The summed E-state index contributed by atoms with van der Waals surface area (Å²) in [5, 5.41) is 16.2. The van der Waals surface area contributed by atoms with Gasteiger partial charge in [0, 0.05) is 18.7 Å². The normalized spacial score (nSPS) is 12.7. The lowest BCUT2D eigenvalue weighted by atomic mass is 10.1. The number of benzene rings is 2. The van der Waals surface area contributed by atoms with E-state index >= 15 is 0 Å². The molecule has 2 aromatic rings. The van der Waals surface area contributed by atoms with Crippen molar-refractivity contribution in [3.63, 3.8) is 0 Å². The molecular weight excluding hydrogens is 460 g/mol. The maximum absolute atomic E-state index is 12.4. The highest BCUT2D eigenvalue weighted by molar-refractivity contribution is 7.89. The Morgan fingerprint density at radius 1 is 1.24 bits per heavy atom. The molecule has 0 saturated carbocycles. The number of carbonyl (C=O) groups excluding carboxylic acids is 3. The molecule has 0 unspecified atom stereocenters. The van der Waals surface area contributed by atoms with Crippen LogP contribution in [0.2, 0.25) is 0 Å². The average Bonchev–Trinajstić information content (AvgIpc) is 2.80. The van der Waals surface area contributed by atoms with Crippen LogP contribution in [0.1, 0.15) is 10.4 Å². The van der Waals surface area contributed by atoms with Crippen molar-refractivity contribution < 1.29 is 37.2 Å². The number of hydrogen-bond donors (Lipinski definition) is 3. The molecule has 0 spiro atoms. The Bertz CT molecular complexity index is 1240. The standard InChI is InChI=1S/C19H18N4O9S/c1-20-13-4-3-12(7-15(13)23(27)28)33(29,30)21-8-19(26)32-9-16(24)11-2-5-17-14(6-11)22-18(25)10-31-17/h2-7,20-21H,8-10H2,1H3,(H,22,25). The summed E-state index contributed by atoms with van der Waals surface area (Å²) < 4.78 is 36.7. The fourth-order valence-corrected chi connectivity index (χ4v) is 3.80. The number of nitro groups is 1. The number of amides is 1. The molecule has 1 amide bonds. The topological polar surface area (TPSA) is 183 Å². The molecular formula is C19H18N4O9S. The van der Waals surface area contributed by atoms with E-state index in [1.807, 2.05) is 4.72 Å². The van der Waals surface area contributed by atoms with Gasteiger partial charge >= 0.3 is 5.97 Å². The number of anilines is 2. The zero-order valence-electron chi connectivity index (χ0n) is 17.1. The van der Waals surface area contributed by atoms with Gasteiger partial charge in [-0.3, -0.25) is 24.5 Å². The van der Waals surface area contributed by atoms with Crippen LogP contribution in [0.3, 0.4) is 0 Å². The number of Topliss-reactive ketones (excluding diaryl/α,β-unsaturated/α-hetero) is 1. The number of esters is 1. The van der Waals surface area contributed by atoms with E-state index in [4.69, 9.17) is 9.47 Å². The molecule has 0 radical (unpaired) electrons. The van der Waals surface area contributed by atoms with Crippen LogP contribution in [0.25, 0.3) is 0 Å². The number of sulfonamides is 1. The number of nitrogens with one attached hydrogen (secondary N) is 3. The SMILES string of the molecule is CNc1ccc(S(=O)(=O)NCC(=O)OCC(=O)c2ccc3c(c2)NC(=O)CO3)cc1[N+](=O)[O-]. The van der Waals surface area contributed by atoms with Gasteiger partial charge in [-0.05, 0) is 30.3 Å². The van der Waals surface area contributed by atoms with Gasteiger partial charge in [0.1, 0.15) is 18.0 Å². The van der Waals surface area contributed by atoms with Gasteiger partial charge in [-0.25, -0.2) is 8.42 Å². The summed E-state index contributed by atoms with van der Waals surface area (Å²) in [6, 6.07) is 7.48. The third-order valence-electron chi connectivity index (χ3n) is 4.45. The zero-order chi connectivity index (χ0) is 24.2. The van der Waals surface area contributed by atoms with Crippen molar-refractivity contribution in [3.8, 4) is 5.75 Å². The maximum Gasteiger partial charge on any atom is 0.321 e. The van der Waals surface area contributed by atoms with Crippen LogP contribution in [-0.2, 0) is 24.3 Å². The monoisotopic (exact) mass is 478 g/mol. The van der Waals surface area contributed by atoms with Crippen LogP contribution in [-0.4, -0.2) is 57.8 Å². The van der Waals surface area contributed by atoms with E-state index in [1.165, 1.54) is 31.3 Å². The second kappa shape index (κ2) is 9.62. The second-order valence-electron chi connectivity index (χ2n) is 6.64. The van der Waals surface area contributed by atoms with Crippen molar-refractivity contribution >= 4 is 44.7 Å². The van der Waals surface area contributed by atoms with Crippen LogP contribution >= 0.6 is 0 Å². The Labute approximate surface area is 187 Å². The third kappa shape index (κ3) is 5.61. The summed E-state index contributed by atoms with van der Waals surface area (Å²) in [6.45, 7) is -1.61. The molecule has 0 aromatic heterocycles. The Morgan fingerprint density at radius 3 is 2.70 bits per heavy atom. The molecule has 0 saturated heterocycles. The van der Waals surface area contributed by atoms with Gasteiger partial charge in [-0.2, -0.15) is 4.72 Å². The van der Waals surface area contributed by atoms with E-state index in [2.05, 4.69) is 10.6 Å². The number of ketones is 1. The minimum atomic E-state index is -4.26. The lowest BCUT2D eigenvalue weighted by molar-refractivity contribution is -0.384. The van der Waals surface area contributed by atoms with Gasteiger partial charge in [0.15, 0.2) is 19.0 Å². The number of ether oxygens (including phenoxy) is 2. The molecule has 1 aliphatic heterocycles. The Hall–Kier alpha value is -4.04. The number of fused-ring (bicyclic) bond motifs is 1. The molecule has 3 rings (SSSR count). The molecule has 33 heavy (non-hydrogen) atoms. The minimum Gasteiger partial charge on any atom is -0.482 e. The molecule has 174 valence electrons. The lowest BCUT2D eigenvalue weighted by Crippen LogP contribution is -2.31. The molecule has 0 bridgehead atoms. The van der Waals surface area contributed by atoms with Crippen molar-refractivity contribution in [3.05, 3.63) is 52.1 Å². The summed E-state index contributed by atoms with van der Waals surface area (Å²) in [6.07, 6.45) is 0. The first kappa shape index (κ1) is 23.6. The predicted octanol–water partition coefficient (Wildman–Crippen LogP) is 0.672. The van der Waals surface area contributed by atoms with Crippen LogP contribution in [0.4, 0.5) is 17.1 Å². The third-order valence-corrected chi connectivity index (χ3v) is 5.85. The molecule has 0 atom stereocenters. The van der Waals surface area contributed by atoms with E-state index in [0.717, 1.165) is 12.1 Å².